The van der Waals surface area contributed by atoms with Gasteiger partial charge in [-0.15, -0.1) is 0 Å². The van der Waals surface area contributed by atoms with Crippen molar-refractivity contribution in [1.29, 1.82) is 0 Å². The number of nitrogens with one attached hydrogen (secondary N) is 1. The number of hydrogen-bond acceptors (Lipinski definition) is 9. The van der Waals surface area contributed by atoms with Crippen LogP contribution >= 0.6 is 0 Å². The molecule has 1 N–H and O–H groups in total. The van der Waals surface area contributed by atoms with Gasteiger partial charge in [-0.2, -0.15) is 0 Å². The summed E-state index contributed by atoms with van der Waals surface area (Å²) >= 11 is 0. The molecule has 1 aliphatic rings. The zero-order valence-electron chi connectivity index (χ0n) is 23.5. The number of methoxy groups -OCH3 is 2. The van der Waals surface area contributed by atoms with Crippen molar-refractivity contribution < 1.29 is 28.2 Å². The summed E-state index contributed by atoms with van der Waals surface area (Å²) in [6.45, 7) is 10.8. The first-order valence-electron chi connectivity index (χ1n) is 12.9. The van der Waals surface area contributed by atoms with Crippen LogP contribution in [0.1, 0.15) is 50.2 Å². The maximum atomic E-state index is 12.8. The highest BCUT2D eigenvalue weighted by atomic mass is 28.4. The minimum absolute atomic E-state index is 0.0615. The zero-order chi connectivity index (χ0) is 28.4. The summed E-state index contributed by atoms with van der Waals surface area (Å²) in [4.78, 5) is 38.0. The van der Waals surface area contributed by atoms with Crippen LogP contribution in [0.25, 0.3) is 11.2 Å². The Labute approximate surface area is 229 Å². The van der Waals surface area contributed by atoms with Gasteiger partial charge in [0.05, 0.1) is 19.5 Å². The predicted molar refractivity (Wildman–Crippen MR) is 148 cm³/mol. The molecule has 3 aromatic rings. The minimum Gasteiger partial charge on any atom is -0.469 e. The molecular weight excluding hydrogens is 518 g/mol. The molecular formula is C27H37N5O6Si. The Balaban J connectivity index is 1.70. The molecule has 1 aliphatic heterocycles. The second-order valence-electron chi connectivity index (χ2n) is 11.1. The van der Waals surface area contributed by atoms with Gasteiger partial charge in [-0.05, 0) is 36.7 Å². The van der Waals surface area contributed by atoms with Crippen LogP contribution < -0.4 is 5.32 Å². The maximum Gasteiger partial charge on any atom is 0.305 e. The number of amides is 1. The molecule has 4 rings (SSSR count). The van der Waals surface area contributed by atoms with Crippen LogP contribution in [-0.2, 0) is 23.4 Å². The van der Waals surface area contributed by atoms with Crippen molar-refractivity contribution in [3.8, 4) is 0 Å². The number of hydrogen-bond donors (Lipinski definition) is 1. The van der Waals surface area contributed by atoms with Gasteiger partial charge >= 0.3 is 5.97 Å². The molecule has 12 heteroatoms. The molecule has 1 aromatic carbocycles. The Bertz CT molecular complexity index is 1310. The van der Waals surface area contributed by atoms with Crippen molar-refractivity contribution in [2.45, 2.75) is 76.3 Å². The van der Waals surface area contributed by atoms with Crippen LogP contribution in [0.2, 0.25) is 18.1 Å². The molecule has 0 spiro atoms. The third kappa shape index (κ3) is 6.03. The fraction of sp³-hybridized carbons (Fsp3) is 0.519. The SMILES string of the molecule is COC(=O)CC[C@H]1O[C@@H](n2cnc3c(NC(=O)c4ccccc4)ncnc32)[C@H](O[Si](C)(C)C(C)(C)C)[C@@H]1OC. The van der Waals surface area contributed by atoms with Crippen molar-refractivity contribution in [3.05, 3.63) is 48.5 Å². The number of fused-ring (bicyclic) bond motifs is 1. The molecule has 0 unspecified atom stereocenters. The molecule has 2 aromatic heterocycles. The Morgan fingerprint density at radius 2 is 1.79 bits per heavy atom. The van der Waals surface area contributed by atoms with E-state index in [2.05, 4.69) is 54.1 Å². The van der Waals surface area contributed by atoms with Gasteiger partial charge < -0.3 is 24.0 Å². The Hall–Kier alpha value is -3.19. The van der Waals surface area contributed by atoms with Crippen LogP contribution in [-0.4, -0.2) is 72.2 Å². The number of esters is 1. The third-order valence-corrected chi connectivity index (χ3v) is 12.0. The molecule has 1 saturated heterocycles. The first-order valence-corrected chi connectivity index (χ1v) is 15.8. The van der Waals surface area contributed by atoms with Crippen molar-refractivity contribution >= 4 is 37.2 Å². The zero-order valence-corrected chi connectivity index (χ0v) is 24.5. The smallest absolute Gasteiger partial charge is 0.305 e. The number of aromatic nitrogens is 4. The maximum absolute atomic E-state index is 12.8. The molecule has 0 bridgehead atoms. The topological polar surface area (TPSA) is 127 Å². The number of nitrogens with zero attached hydrogens (tertiary/aromatic N) is 4. The lowest BCUT2D eigenvalue weighted by molar-refractivity contribution is -0.141. The molecule has 1 fully saturated rings. The summed E-state index contributed by atoms with van der Waals surface area (Å²) in [5, 5.41) is 2.77. The molecule has 0 aliphatic carbocycles. The van der Waals surface area contributed by atoms with Crippen molar-refractivity contribution in [2.24, 2.45) is 0 Å². The lowest BCUT2D eigenvalue weighted by Gasteiger charge is -2.40. The van der Waals surface area contributed by atoms with Crippen molar-refractivity contribution in [1.82, 2.24) is 19.5 Å². The second-order valence-corrected chi connectivity index (χ2v) is 15.8. The number of carbonyl (C=O) groups is 2. The lowest BCUT2D eigenvalue weighted by Crippen LogP contribution is -2.49. The molecule has 11 nitrogen and oxygen atoms in total. The van der Waals surface area contributed by atoms with Gasteiger partial charge in [-0.3, -0.25) is 14.2 Å². The molecule has 4 atom stereocenters. The first kappa shape index (κ1) is 28.8. The second kappa shape index (κ2) is 11.5. The predicted octanol–water partition coefficient (Wildman–Crippen LogP) is 4.33. The van der Waals surface area contributed by atoms with Crippen LogP contribution in [0.15, 0.2) is 43.0 Å². The summed E-state index contributed by atoms with van der Waals surface area (Å²) in [6, 6.07) is 8.88. The van der Waals surface area contributed by atoms with Gasteiger partial charge in [0.1, 0.15) is 18.5 Å². The van der Waals surface area contributed by atoms with E-state index in [9.17, 15) is 9.59 Å². The van der Waals surface area contributed by atoms with E-state index >= 15 is 0 Å². The summed E-state index contributed by atoms with van der Waals surface area (Å²) in [7, 11) is 0.708. The highest BCUT2D eigenvalue weighted by Gasteiger charge is 2.51. The standard InChI is InChI=1S/C27H37N5O6Si/c1-27(2,3)39(6,7)38-22-21(36-5)18(13-14-19(33)35-4)37-26(22)32-16-30-20-23(28-15-29-24(20)32)31-25(34)17-11-9-8-10-12-17/h8-12,15-16,18,21-22,26H,13-14H2,1-7H3,(H,28,29,31,34)/t18-,21-,22-,26-/m1/s1. The van der Waals surface area contributed by atoms with Crippen LogP contribution in [0.3, 0.4) is 0 Å². The van der Waals surface area contributed by atoms with Crippen molar-refractivity contribution in [2.75, 3.05) is 19.5 Å². The number of benzene rings is 1. The first-order chi connectivity index (χ1) is 18.5. The number of ether oxygens (including phenoxy) is 3. The third-order valence-electron chi connectivity index (χ3n) is 7.56. The summed E-state index contributed by atoms with van der Waals surface area (Å²) in [6.07, 6.45) is 1.58. The minimum atomic E-state index is -2.28. The fourth-order valence-corrected chi connectivity index (χ4v) is 5.64. The summed E-state index contributed by atoms with van der Waals surface area (Å²) in [5.41, 5.74) is 1.40. The molecule has 0 saturated carbocycles. The van der Waals surface area contributed by atoms with E-state index in [4.69, 9.17) is 18.6 Å². The monoisotopic (exact) mass is 555 g/mol. The average molecular weight is 556 g/mol. The molecule has 39 heavy (non-hydrogen) atoms. The largest absolute Gasteiger partial charge is 0.469 e. The van der Waals surface area contributed by atoms with E-state index in [1.54, 1.807) is 42.3 Å². The van der Waals surface area contributed by atoms with E-state index in [-0.39, 0.29) is 29.2 Å². The van der Waals surface area contributed by atoms with Gasteiger partial charge in [0.15, 0.2) is 31.5 Å². The number of imidazole rings is 1. The van der Waals surface area contributed by atoms with Gasteiger partial charge in [0.2, 0.25) is 0 Å². The van der Waals surface area contributed by atoms with E-state index < -0.39 is 32.9 Å². The van der Waals surface area contributed by atoms with Gasteiger partial charge in [0, 0.05) is 19.1 Å². The van der Waals surface area contributed by atoms with Gasteiger partial charge in [-0.25, -0.2) is 15.0 Å². The highest BCUT2D eigenvalue weighted by Crippen LogP contribution is 2.43. The fourth-order valence-electron chi connectivity index (χ4n) is 4.35. The van der Waals surface area contributed by atoms with Crippen molar-refractivity contribution in [3.63, 3.8) is 0 Å². The molecule has 210 valence electrons. The van der Waals surface area contributed by atoms with Gasteiger partial charge in [-0.1, -0.05) is 39.0 Å². The molecule has 1 amide bonds. The van der Waals surface area contributed by atoms with E-state index in [1.165, 1.54) is 13.4 Å². The Morgan fingerprint density at radius 1 is 1.08 bits per heavy atom. The Morgan fingerprint density at radius 3 is 2.44 bits per heavy atom. The lowest BCUT2D eigenvalue weighted by atomic mass is 10.1. The average Bonchev–Trinajstić information content (AvgIpc) is 3.48. The van der Waals surface area contributed by atoms with E-state index in [0.29, 0.717) is 23.1 Å². The van der Waals surface area contributed by atoms with Crippen LogP contribution in [0.5, 0.6) is 0 Å². The molecule has 0 radical (unpaired) electrons. The Kier molecular flexibility index (Phi) is 8.50. The summed E-state index contributed by atoms with van der Waals surface area (Å²) in [5.74, 6) is -0.333. The normalized spacial score (nSPS) is 21.7. The van der Waals surface area contributed by atoms with E-state index in [0.717, 1.165) is 0 Å². The van der Waals surface area contributed by atoms with E-state index in [1.807, 2.05) is 6.07 Å². The van der Waals surface area contributed by atoms with Crippen LogP contribution in [0, 0.1) is 0 Å². The number of rotatable bonds is 9. The number of carbonyl (C=O) groups excluding carboxylic acids is 2. The summed E-state index contributed by atoms with van der Waals surface area (Å²) < 4.78 is 25.9. The van der Waals surface area contributed by atoms with Crippen LogP contribution in [0.4, 0.5) is 5.82 Å². The van der Waals surface area contributed by atoms with Gasteiger partial charge in [0.25, 0.3) is 5.91 Å². The quantitative estimate of drug-likeness (QED) is 0.303. The molecule has 3 heterocycles. The highest BCUT2D eigenvalue weighted by molar-refractivity contribution is 6.74. The number of anilines is 1.